The van der Waals surface area contributed by atoms with E-state index in [1.165, 1.54) is 6.33 Å². The van der Waals surface area contributed by atoms with Crippen molar-refractivity contribution in [1.82, 2.24) is 20.5 Å². The Morgan fingerprint density at radius 1 is 1.39 bits per heavy atom. The van der Waals surface area contributed by atoms with Crippen molar-refractivity contribution in [2.45, 2.75) is 6.42 Å². The van der Waals surface area contributed by atoms with Gasteiger partial charge in [0.2, 0.25) is 5.95 Å². The van der Waals surface area contributed by atoms with Gasteiger partial charge in [0.05, 0.1) is 0 Å². The summed E-state index contributed by atoms with van der Waals surface area (Å²) in [5.41, 5.74) is 1.15. The van der Waals surface area contributed by atoms with Crippen LogP contribution in [0.3, 0.4) is 0 Å². The Kier molecular flexibility index (Phi) is 4.30. The first-order chi connectivity index (χ1) is 8.75. The Labute approximate surface area is 112 Å². The summed E-state index contributed by atoms with van der Waals surface area (Å²) in [6.07, 6.45) is 2.09. The molecule has 2 rings (SSSR count). The second kappa shape index (κ2) is 6.15. The number of amides is 2. The van der Waals surface area contributed by atoms with Crippen molar-refractivity contribution in [3.8, 4) is 0 Å². The molecule has 2 amide bonds. The molecule has 0 aliphatic rings. The number of hydrogen-bond acceptors (Lipinski definition) is 3. The molecule has 7 heteroatoms. The molecule has 0 aliphatic heterocycles. The topological polar surface area (TPSA) is 82.7 Å². The highest BCUT2D eigenvalue weighted by Gasteiger charge is 2.03. The summed E-state index contributed by atoms with van der Waals surface area (Å²) in [4.78, 5) is 15.3. The van der Waals surface area contributed by atoms with E-state index < -0.39 is 0 Å². The minimum atomic E-state index is -0.307. The number of nitrogens with one attached hydrogen (secondary N) is 3. The van der Waals surface area contributed by atoms with Crippen molar-refractivity contribution in [2.75, 3.05) is 11.9 Å². The van der Waals surface area contributed by atoms with Crippen LogP contribution in [0, 0.1) is 0 Å². The van der Waals surface area contributed by atoms with Crippen LogP contribution in [0.4, 0.5) is 10.7 Å². The molecule has 0 fully saturated rings. The largest absolute Gasteiger partial charge is 0.337 e. The predicted molar refractivity (Wildman–Crippen MR) is 71.3 cm³/mol. The highest BCUT2D eigenvalue weighted by molar-refractivity contribution is 9.10. The number of H-pyrrole nitrogens is 1. The number of carbonyl (C=O) groups is 1. The van der Waals surface area contributed by atoms with Crippen molar-refractivity contribution in [3.63, 3.8) is 0 Å². The summed E-state index contributed by atoms with van der Waals surface area (Å²) < 4.78 is 1.04. The number of carbonyl (C=O) groups excluding carboxylic acids is 1. The summed E-state index contributed by atoms with van der Waals surface area (Å²) in [5, 5.41) is 11.4. The smallest absolute Gasteiger partial charge is 0.321 e. The predicted octanol–water partition coefficient (Wildman–Crippen LogP) is 1.93. The van der Waals surface area contributed by atoms with Crippen LogP contribution >= 0.6 is 15.9 Å². The zero-order valence-electron chi connectivity index (χ0n) is 9.48. The van der Waals surface area contributed by atoms with Crippen molar-refractivity contribution in [3.05, 3.63) is 40.6 Å². The average Bonchev–Trinajstić information content (AvgIpc) is 2.84. The fourth-order valence-electron chi connectivity index (χ4n) is 1.43. The highest BCUT2D eigenvalue weighted by atomic mass is 79.9. The summed E-state index contributed by atoms with van der Waals surface area (Å²) in [6.45, 7) is 0.544. The fraction of sp³-hybridized carbons (Fsp3) is 0.182. The van der Waals surface area contributed by atoms with Gasteiger partial charge in [0, 0.05) is 11.0 Å². The summed E-state index contributed by atoms with van der Waals surface area (Å²) in [5.74, 6) is 0.327. The first-order valence-corrected chi connectivity index (χ1v) is 6.18. The third-order valence-electron chi connectivity index (χ3n) is 2.28. The minimum Gasteiger partial charge on any atom is -0.337 e. The van der Waals surface area contributed by atoms with Gasteiger partial charge in [-0.05, 0) is 18.1 Å². The van der Waals surface area contributed by atoms with Crippen LogP contribution in [0.25, 0.3) is 0 Å². The SMILES string of the molecule is O=C(NCCc1ccccc1Br)Nc1ncn[nH]1. The molecule has 0 saturated carbocycles. The van der Waals surface area contributed by atoms with E-state index >= 15 is 0 Å². The lowest BCUT2D eigenvalue weighted by Crippen LogP contribution is -2.30. The van der Waals surface area contributed by atoms with Gasteiger partial charge in [0.25, 0.3) is 0 Å². The maximum absolute atomic E-state index is 11.5. The third-order valence-corrected chi connectivity index (χ3v) is 3.06. The first-order valence-electron chi connectivity index (χ1n) is 5.39. The Balaban J connectivity index is 1.75. The van der Waals surface area contributed by atoms with Crippen molar-refractivity contribution in [1.29, 1.82) is 0 Å². The number of hydrogen-bond donors (Lipinski definition) is 3. The van der Waals surface area contributed by atoms with E-state index in [0.29, 0.717) is 12.5 Å². The van der Waals surface area contributed by atoms with Crippen LogP contribution in [-0.2, 0) is 6.42 Å². The van der Waals surface area contributed by atoms with Crippen molar-refractivity contribution in [2.24, 2.45) is 0 Å². The molecule has 0 spiro atoms. The van der Waals surface area contributed by atoms with E-state index in [2.05, 4.69) is 41.7 Å². The lowest BCUT2D eigenvalue weighted by atomic mass is 10.1. The van der Waals surface area contributed by atoms with Crippen LogP contribution in [0.15, 0.2) is 35.1 Å². The molecule has 94 valence electrons. The van der Waals surface area contributed by atoms with E-state index in [0.717, 1.165) is 16.5 Å². The van der Waals surface area contributed by atoms with E-state index in [9.17, 15) is 4.79 Å². The van der Waals surface area contributed by atoms with Gasteiger partial charge in [-0.2, -0.15) is 10.1 Å². The van der Waals surface area contributed by atoms with E-state index in [-0.39, 0.29) is 6.03 Å². The van der Waals surface area contributed by atoms with E-state index in [1.54, 1.807) is 0 Å². The van der Waals surface area contributed by atoms with E-state index in [1.807, 2.05) is 24.3 Å². The fourth-order valence-corrected chi connectivity index (χ4v) is 1.91. The Morgan fingerprint density at radius 2 is 2.22 bits per heavy atom. The molecule has 0 unspecified atom stereocenters. The number of nitrogens with zero attached hydrogens (tertiary/aromatic N) is 2. The van der Waals surface area contributed by atoms with Crippen LogP contribution in [0.2, 0.25) is 0 Å². The van der Waals surface area contributed by atoms with Gasteiger partial charge in [0.1, 0.15) is 6.33 Å². The summed E-state index contributed by atoms with van der Waals surface area (Å²) in [6, 6.07) is 7.61. The quantitative estimate of drug-likeness (QED) is 0.807. The molecule has 0 radical (unpaired) electrons. The maximum atomic E-state index is 11.5. The Bertz CT molecular complexity index is 514. The zero-order valence-corrected chi connectivity index (χ0v) is 11.1. The van der Waals surface area contributed by atoms with Crippen LogP contribution in [-0.4, -0.2) is 27.8 Å². The molecular weight excluding hydrogens is 298 g/mol. The average molecular weight is 310 g/mol. The lowest BCUT2D eigenvalue weighted by molar-refractivity contribution is 0.252. The molecule has 0 saturated heterocycles. The number of urea groups is 1. The number of anilines is 1. The zero-order chi connectivity index (χ0) is 12.8. The molecule has 6 nitrogen and oxygen atoms in total. The van der Waals surface area contributed by atoms with Gasteiger partial charge < -0.3 is 5.32 Å². The molecule has 0 aliphatic carbocycles. The molecule has 0 atom stereocenters. The van der Waals surface area contributed by atoms with Gasteiger partial charge in [-0.15, -0.1) is 0 Å². The number of aromatic nitrogens is 3. The second-order valence-electron chi connectivity index (χ2n) is 3.56. The Morgan fingerprint density at radius 3 is 2.94 bits per heavy atom. The lowest BCUT2D eigenvalue weighted by Gasteiger charge is -2.06. The normalized spacial score (nSPS) is 10.1. The van der Waals surface area contributed by atoms with Gasteiger partial charge in [-0.3, -0.25) is 5.32 Å². The maximum Gasteiger partial charge on any atom is 0.321 e. The number of benzene rings is 1. The van der Waals surface area contributed by atoms with Crippen LogP contribution in [0.5, 0.6) is 0 Å². The Hall–Kier alpha value is -1.89. The second-order valence-corrected chi connectivity index (χ2v) is 4.41. The molecule has 1 aromatic heterocycles. The molecule has 1 aromatic carbocycles. The number of rotatable bonds is 4. The monoisotopic (exact) mass is 309 g/mol. The van der Waals surface area contributed by atoms with Crippen molar-refractivity contribution >= 4 is 27.9 Å². The standard InChI is InChI=1S/C11H12BrN5O/c12-9-4-2-1-3-8(9)5-6-13-11(18)16-10-14-7-15-17-10/h1-4,7H,5-6H2,(H3,13,14,15,16,17,18). The van der Waals surface area contributed by atoms with Gasteiger partial charge >= 0.3 is 6.03 Å². The highest BCUT2D eigenvalue weighted by Crippen LogP contribution is 2.15. The minimum absolute atomic E-state index is 0.307. The molecule has 3 N–H and O–H groups in total. The van der Waals surface area contributed by atoms with Gasteiger partial charge in [-0.25, -0.2) is 9.89 Å². The van der Waals surface area contributed by atoms with E-state index in [4.69, 9.17) is 0 Å². The van der Waals surface area contributed by atoms with Gasteiger partial charge in [0.15, 0.2) is 0 Å². The molecular formula is C11H12BrN5O. The molecule has 2 aromatic rings. The number of aromatic amines is 1. The first kappa shape index (κ1) is 12.6. The van der Waals surface area contributed by atoms with Crippen LogP contribution < -0.4 is 10.6 Å². The molecule has 0 bridgehead atoms. The summed E-state index contributed by atoms with van der Waals surface area (Å²) >= 11 is 3.46. The molecule has 18 heavy (non-hydrogen) atoms. The number of halogens is 1. The summed E-state index contributed by atoms with van der Waals surface area (Å²) in [7, 11) is 0. The molecule has 1 heterocycles. The van der Waals surface area contributed by atoms with Gasteiger partial charge in [-0.1, -0.05) is 34.1 Å². The van der Waals surface area contributed by atoms with Crippen molar-refractivity contribution < 1.29 is 4.79 Å². The third kappa shape index (κ3) is 3.56. The van der Waals surface area contributed by atoms with Crippen LogP contribution in [0.1, 0.15) is 5.56 Å².